The highest BCUT2D eigenvalue weighted by atomic mass is 32.2. The van der Waals surface area contributed by atoms with E-state index in [1.807, 2.05) is 13.2 Å². The molecule has 1 aromatic rings. The zero-order valence-corrected chi connectivity index (χ0v) is 8.48. The molecule has 0 aliphatic rings. The van der Waals surface area contributed by atoms with E-state index in [9.17, 15) is 0 Å². The van der Waals surface area contributed by atoms with Crippen LogP contribution in [0.2, 0.25) is 0 Å². The van der Waals surface area contributed by atoms with Gasteiger partial charge in [-0.25, -0.2) is 0 Å². The summed E-state index contributed by atoms with van der Waals surface area (Å²) in [5.41, 5.74) is 1.09. The predicted octanol–water partition coefficient (Wildman–Crippen LogP) is 2.08. The first-order valence-electron chi connectivity index (χ1n) is 3.95. The Balaban J connectivity index is 2.77. The Morgan fingerprint density at radius 1 is 1.50 bits per heavy atom. The Hall–Kier alpha value is -0.540. The number of nitrogens with zero attached hydrogens (tertiary/aromatic N) is 1. The molecule has 1 N–H and O–H groups in total. The standard InChI is InChI=1S/C9H14N2S/c1-7(10-2)9-5-4-8(12-3)6-11-9/h4-7,10H,1-3H3. The first-order valence-corrected chi connectivity index (χ1v) is 5.17. The minimum atomic E-state index is 0.334. The molecule has 0 amide bonds. The summed E-state index contributed by atoms with van der Waals surface area (Å²) < 4.78 is 0. The highest BCUT2D eigenvalue weighted by Crippen LogP contribution is 2.15. The van der Waals surface area contributed by atoms with Gasteiger partial charge >= 0.3 is 0 Å². The third-order valence-corrected chi connectivity index (χ3v) is 2.58. The van der Waals surface area contributed by atoms with Crippen molar-refractivity contribution in [1.82, 2.24) is 10.3 Å². The SMILES string of the molecule is CNC(C)c1ccc(SC)cn1. The van der Waals surface area contributed by atoms with E-state index in [1.54, 1.807) is 11.8 Å². The van der Waals surface area contributed by atoms with Crippen molar-refractivity contribution >= 4 is 11.8 Å². The van der Waals surface area contributed by atoms with Crippen molar-refractivity contribution in [3.05, 3.63) is 24.0 Å². The number of pyridine rings is 1. The Morgan fingerprint density at radius 2 is 2.25 bits per heavy atom. The topological polar surface area (TPSA) is 24.9 Å². The summed E-state index contributed by atoms with van der Waals surface area (Å²) in [4.78, 5) is 5.55. The van der Waals surface area contributed by atoms with Gasteiger partial charge in [0.05, 0.1) is 5.69 Å². The zero-order chi connectivity index (χ0) is 8.97. The molecule has 0 bridgehead atoms. The fourth-order valence-electron chi connectivity index (χ4n) is 0.917. The largest absolute Gasteiger partial charge is 0.312 e. The van der Waals surface area contributed by atoms with Crippen molar-refractivity contribution < 1.29 is 0 Å². The fourth-order valence-corrected chi connectivity index (χ4v) is 1.28. The molecule has 12 heavy (non-hydrogen) atoms. The van der Waals surface area contributed by atoms with Gasteiger partial charge < -0.3 is 5.32 Å². The lowest BCUT2D eigenvalue weighted by Gasteiger charge is -2.08. The first kappa shape index (κ1) is 9.55. The summed E-state index contributed by atoms with van der Waals surface area (Å²) in [5, 5.41) is 3.15. The normalized spacial score (nSPS) is 12.9. The van der Waals surface area contributed by atoms with Crippen molar-refractivity contribution in [2.75, 3.05) is 13.3 Å². The Kier molecular flexibility index (Phi) is 3.56. The second-order valence-corrected chi connectivity index (χ2v) is 3.51. The van der Waals surface area contributed by atoms with Crippen LogP contribution < -0.4 is 5.32 Å². The molecule has 1 atom stereocenters. The summed E-state index contributed by atoms with van der Waals surface area (Å²) in [7, 11) is 1.94. The number of nitrogens with one attached hydrogen (secondary N) is 1. The molecule has 0 spiro atoms. The molecule has 2 nitrogen and oxygen atoms in total. The Morgan fingerprint density at radius 3 is 2.67 bits per heavy atom. The molecule has 0 saturated carbocycles. The number of thioether (sulfide) groups is 1. The molecule has 0 aliphatic carbocycles. The Labute approximate surface area is 77.8 Å². The van der Waals surface area contributed by atoms with Crippen LogP contribution in [0.25, 0.3) is 0 Å². The molecule has 1 aromatic heterocycles. The summed E-state index contributed by atoms with van der Waals surface area (Å²) in [6.07, 6.45) is 3.96. The van der Waals surface area contributed by atoms with Gasteiger partial charge in [0.2, 0.25) is 0 Å². The van der Waals surface area contributed by atoms with E-state index >= 15 is 0 Å². The molecule has 0 aliphatic heterocycles. The maximum Gasteiger partial charge on any atom is 0.0571 e. The lowest BCUT2D eigenvalue weighted by Crippen LogP contribution is -2.13. The van der Waals surface area contributed by atoms with Crippen molar-refractivity contribution in [1.29, 1.82) is 0 Å². The predicted molar refractivity (Wildman–Crippen MR) is 53.5 cm³/mol. The highest BCUT2D eigenvalue weighted by molar-refractivity contribution is 7.98. The Bertz CT molecular complexity index is 233. The molecule has 66 valence electrons. The van der Waals surface area contributed by atoms with Crippen molar-refractivity contribution in [2.24, 2.45) is 0 Å². The van der Waals surface area contributed by atoms with E-state index < -0.39 is 0 Å². The van der Waals surface area contributed by atoms with Crippen LogP contribution in [0.4, 0.5) is 0 Å². The van der Waals surface area contributed by atoms with E-state index in [0.717, 1.165) is 5.69 Å². The summed E-state index contributed by atoms with van der Waals surface area (Å²) in [6, 6.07) is 4.49. The number of aromatic nitrogens is 1. The van der Waals surface area contributed by atoms with Gasteiger partial charge in [-0.2, -0.15) is 0 Å². The van der Waals surface area contributed by atoms with Gasteiger partial charge in [-0.15, -0.1) is 11.8 Å². The highest BCUT2D eigenvalue weighted by Gasteiger charge is 2.02. The third kappa shape index (κ3) is 2.22. The molecular formula is C9H14N2S. The van der Waals surface area contributed by atoms with E-state index in [-0.39, 0.29) is 0 Å². The van der Waals surface area contributed by atoms with E-state index in [1.165, 1.54) is 4.90 Å². The smallest absolute Gasteiger partial charge is 0.0571 e. The molecule has 3 heteroatoms. The molecule has 0 aromatic carbocycles. The van der Waals surface area contributed by atoms with E-state index in [0.29, 0.717) is 6.04 Å². The van der Waals surface area contributed by atoms with Crippen LogP contribution in [0.1, 0.15) is 18.7 Å². The average Bonchev–Trinajstić information content (AvgIpc) is 2.17. The number of hydrogen-bond acceptors (Lipinski definition) is 3. The first-order chi connectivity index (χ1) is 5.77. The quantitative estimate of drug-likeness (QED) is 0.724. The minimum Gasteiger partial charge on any atom is -0.312 e. The molecule has 0 fully saturated rings. The van der Waals surface area contributed by atoms with Crippen LogP contribution in [-0.2, 0) is 0 Å². The lowest BCUT2D eigenvalue weighted by molar-refractivity contribution is 0.631. The van der Waals surface area contributed by atoms with Crippen molar-refractivity contribution in [2.45, 2.75) is 17.9 Å². The summed E-state index contributed by atoms with van der Waals surface area (Å²) >= 11 is 1.71. The second kappa shape index (κ2) is 4.48. The van der Waals surface area contributed by atoms with Crippen molar-refractivity contribution in [3.8, 4) is 0 Å². The van der Waals surface area contributed by atoms with Gasteiger partial charge in [0, 0.05) is 17.1 Å². The molecular weight excluding hydrogens is 168 g/mol. The van der Waals surface area contributed by atoms with Crippen LogP contribution in [0.15, 0.2) is 23.2 Å². The minimum absolute atomic E-state index is 0.334. The molecule has 1 heterocycles. The monoisotopic (exact) mass is 182 g/mol. The van der Waals surface area contributed by atoms with Crippen LogP contribution in [0.5, 0.6) is 0 Å². The van der Waals surface area contributed by atoms with Gasteiger partial charge in [-0.1, -0.05) is 0 Å². The molecule has 0 radical (unpaired) electrons. The van der Waals surface area contributed by atoms with Gasteiger partial charge in [0.15, 0.2) is 0 Å². The maximum atomic E-state index is 4.34. The average molecular weight is 182 g/mol. The molecule has 1 rings (SSSR count). The second-order valence-electron chi connectivity index (χ2n) is 2.63. The lowest BCUT2D eigenvalue weighted by atomic mass is 10.2. The van der Waals surface area contributed by atoms with Gasteiger partial charge in [-0.3, -0.25) is 4.98 Å². The maximum absolute atomic E-state index is 4.34. The van der Waals surface area contributed by atoms with Gasteiger partial charge in [0.1, 0.15) is 0 Å². The van der Waals surface area contributed by atoms with Crippen LogP contribution in [-0.4, -0.2) is 18.3 Å². The van der Waals surface area contributed by atoms with Crippen molar-refractivity contribution in [3.63, 3.8) is 0 Å². The number of hydrogen-bond donors (Lipinski definition) is 1. The summed E-state index contributed by atoms with van der Waals surface area (Å²) in [6.45, 7) is 2.10. The van der Waals surface area contributed by atoms with Gasteiger partial charge in [0.25, 0.3) is 0 Å². The van der Waals surface area contributed by atoms with E-state index in [2.05, 4.69) is 35.6 Å². The summed E-state index contributed by atoms with van der Waals surface area (Å²) in [5.74, 6) is 0. The number of rotatable bonds is 3. The van der Waals surface area contributed by atoms with Crippen LogP contribution >= 0.6 is 11.8 Å². The van der Waals surface area contributed by atoms with Crippen LogP contribution in [0.3, 0.4) is 0 Å². The third-order valence-electron chi connectivity index (χ3n) is 1.87. The zero-order valence-electron chi connectivity index (χ0n) is 7.66. The molecule has 1 unspecified atom stereocenters. The molecule has 0 saturated heterocycles. The van der Waals surface area contributed by atoms with Gasteiger partial charge in [-0.05, 0) is 32.4 Å². The van der Waals surface area contributed by atoms with Crippen LogP contribution in [0, 0.1) is 0 Å². The fraction of sp³-hybridized carbons (Fsp3) is 0.444. The van der Waals surface area contributed by atoms with E-state index in [4.69, 9.17) is 0 Å².